The van der Waals surface area contributed by atoms with Crippen LogP contribution in [0.25, 0.3) is 10.8 Å². The van der Waals surface area contributed by atoms with Crippen molar-refractivity contribution in [3.8, 4) is 5.75 Å². The molecule has 6 nitrogen and oxygen atoms in total. The highest BCUT2D eigenvalue weighted by molar-refractivity contribution is 5.84. The summed E-state index contributed by atoms with van der Waals surface area (Å²) >= 11 is 0. The van der Waals surface area contributed by atoms with Gasteiger partial charge in [0.2, 0.25) is 0 Å². The topological polar surface area (TPSA) is 86.5 Å². The Balaban J connectivity index is 2.26. The first-order valence-corrected chi connectivity index (χ1v) is 6.97. The first-order valence-electron chi connectivity index (χ1n) is 6.97. The van der Waals surface area contributed by atoms with Crippen molar-refractivity contribution in [2.45, 2.75) is 32.5 Å². The number of alkyl carbamates (subject to hydrolysis) is 1. The minimum absolute atomic E-state index is 0.572. The molecule has 6 heteroatoms. The van der Waals surface area contributed by atoms with Crippen molar-refractivity contribution in [2.24, 2.45) is 5.73 Å². The van der Waals surface area contributed by atoms with E-state index in [9.17, 15) is 4.79 Å². The first kappa shape index (κ1) is 16.0. The van der Waals surface area contributed by atoms with Crippen LogP contribution in [0.3, 0.4) is 0 Å². The lowest BCUT2D eigenvalue weighted by Crippen LogP contribution is -2.38. The Kier molecular flexibility index (Phi) is 4.51. The maximum absolute atomic E-state index is 11.8. The lowest BCUT2D eigenvalue weighted by atomic mass is 10.1. The fourth-order valence-electron chi connectivity index (χ4n) is 2.06. The summed E-state index contributed by atoms with van der Waals surface area (Å²) in [4.78, 5) is 15.9. The van der Waals surface area contributed by atoms with Gasteiger partial charge in [-0.15, -0.1) is 0 Å². The summed E-state index contributed by atoms with van der Waals surface area (Å²) in [5, 5.41) is 4.52. The largest absolute Gasteiger partial charge is 0.496 e. The van der Waals surface area contributed by atoms with E-state index in [2.05, 4.69) is 10.3 Å². The lowest BCUT2D eigenvalue weighted by Gasteiger charge is -2.23. The van der Waals surface area contributed by atoms with Gasteiger partial charge in [0, 0.05) is 23.3 Å². The fraction of sp³-hybridized carbons (Fsp3) is 0.375. The van der Waals surface area contributed by atoms with Crippen LogP contribution in [0.1, 0.15) is 32.5 Å². The molecule has 2 rings (SSSR count). The molecule has 1 atom stereocenters. The van der Waals surface area contributed by atoms with Gasteiger partial charge >= 0.3 is 6.09 Å². The second-order valence-electron chi connectivity index (χ2n) is 5.94. The summed E-state index contributed by atoms with van der Waals surface area (Å²) in [6, 6.07) is 5.59. The van der Waals surface area contributed by atoms with Gasteiger partial charge in [-0.05, 0) is 44.4 Å². The fourth-order valence-corrected chi connectivity index (χ4v) is 2.06. The Hall–Kier alpha value is -2.34. The number of nitrogens with one attached hydrogen (secondary N) is 1. The van der Waals surface area contributed by atoms with E-state index in [1.807, 2.05) is 18.2 Å². The summed E-state index contributed by atoms with van der Waals surface area (Å²) in [5.41, 5.74) is 6.17. The molecule has 0 saturated carbocycles. The molecule has 0 radical (unpaired) electrons. The zero-order valence-corrected chi connectivity index (χ0v) is 13.2. The van der Waals surface area contributed by atoms with E-state index in [0.29, 0.717) is 11.3 Å². The number of fused-ring (bicyclic) bond motifs is 1. The van der Waals surface area contributed by atoms with Gasteiger partial charge in [0.05, 0.1) is 7.11 Å². The van der Waals surface area contributed by atoms with E-state index in [-0.39, 0.29) is 0 Å². The SMILES string of the molecule is COc1cc2cnccc2cc1C(N)NC(=O)OC(C)(C)C. The summed E-state index contributed by atoms with van der Waals surface area (Å²) in [6.07, 6.45) is 2.14. The molecule has 0 aliphatic carbocycles. The van der Waals surface area contributed by atoms with Crippen LogP contribution in [0.4, 0.5) is 4.79 Å². The number of methoxy groups -OCH3 is 1. The second kappa shape index (κ2) is 6.19. The van der Waals surface area contributed by atoms with Gasteiger partial charge in [0.25, 0.3) is 0 Å². The molecule has 0 aliphatic rings. The Bertz CT molecular complexity index is 680. The Morgan fingerprint density at radius 3 is 2.68 bits per heavy atom. The van der Waals surface area contributed by atoms with E-state index in [0.717, 1.165) is 10.8 Å². The van der Waals surface area contributed by atoms with Crippen molar-refractivity contribution < 1.29 is 14.3 Å². The quantitative estimate of drug-likeness (QED) is 0.851. The molecule has 3 N–H and O–H groups in total. The summed E-state index contributed by atoms with van der Waals surface area (Å²) in [5.74, 6) is 0.587. The molecule has 22 heavy (non-hydrogen) atoms. The van der Waals surface area contributed by atoms with E-state index in [1.165, 1.54) is 0 Å². The normalized spacial score (nSPS) is 12.8. The smallest absolute Gasteiger partial charge is 0.409 e. The number of rotatable bonds is 3. The number of carbonyl (C=O) groups is 1. The van der Waals surface area contributed by atoms with Crippen LogP contribution in [0, 0.1) is 0 Å². The summed E-state index contributed by atoms with van der Waals surface area (Å²) < 4.78 is 10.6. The minimum Gasteiger partial charge on any atom is -0.496 e. The monoisotopic (exact) mass is 303 g/mol. The van der Waals surface area contributed by atoms with Gasteiger partial charge in [-0.2, -0.15) is 0 Å². The molecule has 1 aromatic carbocycles. The van der Waals surface area contributed by atoms with Crippen LogP contribution in [-0.2, 0) is 4.74 Å². The van der Waals surface area contributed by atoms with Crippen LogP contribution in [0.2, 0.25) is 0 Å². The molecule has 2 aromatic rings. The molecule has 1 unspecified atom stereocenters. The number of amides is 1. The van der Waals surface area contributed by atoms with Crippen LogP contribution < -0.4 is 15.8 Å². The molecular weight excluding hydrogens is 282 g/mol. The maximum atomic E-state index is 11.8. The van der Waals surface area contributed by atoms with E-state index >= 15 is 0 Å². The van der Waals surface area contributed by atoms with Gasteiger partial charge in [-0.25, -0.2) is 4.79 Å². The maximum Gasteiger partial charge on any atom is 0.409 e. The molecule has 0 aliphatic heterocycles. The zero-order valence-electron chi connectivity index (χ0n) is 13.2. The van der Waals surface area contributed by atoms with Crippen molar-refractivity contribution in [1.82, 2.24) is 10.3 Å². The van der Waals surface area contributed by atoms with Crippen molar-refractivity contribution >= 4 is 16.9 Å². The molecule has 1 aromatic heterocycles. The number of nitrogens with two attached hydrogens (primary N) is 1. The molecule has 0 bridgehead atoms. The Morgan fingerprint density at radius 1 is 1.32 bits per heavy atom. The van der Waals surface area contributed by atoms with Gasteiger partial charge in [0.1, 0.15) is 17.5 Å². The number of aromatic nitrogens is 1. The predicted molar refractivity (Wildman–Crippen MR) is 84.6 cm³/mol. The summed E-state index contributed by atoms with van der Waals surface area (Å²) in [7, 11) is 1.56. The van der Waals surface area contributed by atoms with Crippen LogP contribution in [-0.4, -0.2) is 23.8 Å². The third-order valence-corrected chi connectivity index (χ3v) is 3.00. The molecule has 118 valence electrons. The average molecular weight is 303 g/mol. The van der Waals surface area contributed by atoms with Crippen molar-refractivity contribution in [1.29, 1.82) is 0 Å². The standard InChI is InChI=1S/C16H21N3O3/c1-16(2,3)22-15(20)19-14(17)12-7-10-5-6-18-9-11(10)8-13(12)21-4/h5-9,14H,17H2,1-4H3,(H,19,20). The van der Waals surface area contributed by atoms with Crippen LogP contribution >= 0.6 is 0 Å². The van der Waals surface area contributed by atoms with Gasteiger partial charge in [-0.1, -0.05) is 0 Å². The van der Waals surface area contributed by atoms with Crippen molar-refractivity contribution in [3.63, 3.8) is 0 Å². The first-order chi connectivity index (χ1) is 10.3. The lowest BCUT2D eigenvalue weighted by molar-refractivity contribution is 0.0504. The van der Waals surface area contributed by atoms with E-state index in [1.54, 1.807) is 40.3 Å². The van der Waals surface area contributed by atoms with Gasteiger partial charge < -0.3 is 20.5 Å². The van der Waals surface area contributed by atoms with E-state index in [4.69, 9.17) is 15.2 Å². The predicted octanol–water partition coefficient (Wildman–Crippen LogP) is 2.73. The minimum atomic E-state index is -0.734. The van der Waals surface area contributed by atoms with Gasteiger partial charge in [0.15, 0.2) is 0 Å². The molecule has 0 fully saturated rings. The zero-order chi connectivity index (χ0) is 16.3. The molecule has 0 spiro atoms. The third-order valence-electron chi connectivity index (χ3n) is 3.00. The highest BCUT2D eigenvalue weighted by Gasteiger charge is 2.20. The van der Waals surface area contributed by atoms with Crippen molar-refractivity contribution in [2.75, 3.05) is 7.11 Å². The average Bonchev–Trinajstić information content (AvgIpc) is 2.43. The molecule has 1 amide bonds. The number of carbonyl (C=O) groups excluding carboxylic acids is 1. The molecular formula is C16H21N3O3. The Morgan fingerprint density at radius 2 is 2.05 bits per heavy atom. The van der Waals surface area contributed by atoms with E-state index < -0.39 is 17.9 Å². The third kappa shape index (κ3) is 3.85. The molecule has 1 heterocycles. The summed E-state index contributed by atoms with van der Waals surface area (Å²) in [6.45, 7) is 5.38. The number of nitrogens with zero attached hydrogens (tertiary/aromatic N) is 1. The van der Waals surface area contributed by atoms with Crippen LogP contribution in [0.5, 0.6) is 5.75 Å². The highest BCUT2D eigenvalue weighted by Crippen LogP contribution is 2.28. The number of benzene rings is 1. The number of hydrogen-bond acceptors (Lipinski definition) is 5. The van der Waals surface area contributed by atoms with Crippen molar-refractivity contribution in [3.05, 3.63) is 36.2 Å². The highest BCUT2D eigenvalue weighted by atomic mass is 16.6. The Labute approximate surface area is 129 Å². The number of pyridine rings is 1. The molecule has 0 saturated heterocycles. The number of hydrogen-bond donors (Lipinski definition) is 2. The van der Waals surface area contributed by atoms with Gasteiger partial charge in [-0.3, -0.25) is 4.98 Å². The van der Waals surface area contributed by atoms with Crippen LogP contribution in [0.15, 0.2) is 30.6 Å². The second-order valence-corrected chi connectivity index (χ2v) is 5.94. The number of ether oxygens (including phenoxy) is 2.